The number of halogens is 1. The number of hydrogen-bond donors (Lipinski definition) is 2. The molecule has 0 saturated heterocycles. The smallest absolute Gasteiger partial charge is 0.340 e. The third kappa shape index (κ3) is 4.83. The maximum atomic E-state index is 12.3. The van der Waals surface area contributed by atoms with E-state index in [1.807, 2.05) is 37.3 Å². The third-order valence-electron chi connectivity index (χ3n) is 4.42. The molecular weight excluding hydrogens is 438 g/mol. The first-order valence-electron chi connectivity index (χ1n) is 8.88. The lowest BCUT2D eigenvalue weighted by molar-refractivity contribution is -0.124. The molecule has 1 aromatic heterocycles. The molecule has 0 aliphatic carbocycles. The number of carbonyl (C=O) groups is 3. The summed E-state index contributed by atoms with van der Waals surface area (Å²) in [5, 5.41) is 6.08. The molecule has 0 spiro atoms. The number of benzene rings is 2. The molecule has 3 aromatic rings. The van der Waals surface area contributed by atoms with Crippen molar-refractivity contribution in [1.82, 2.24) is 9.88 Å². The van der Waals surface area contributed by atoms with Gasteiger partial charge in [-0.2, -0.15) is 0 Å². The van der Waals surface area contributed by atoms with Crippen molar-refractivity contribution >= 4 is 50.3 Å². The monoisotopic (exact) mass is 457 g/mol. The van der Waals surface area contributed by atoms with Crippen LogP contribution in [-0.2, 0) is 20.9 Å². The average molecular weight is 458 g/mol. The van der Waals surface area contributed by atoms with Gasteiger partial charge in [-0.05, 0) is 36.8 Å². The largest absolute Gasteiger partial charge is 0.465 e. The van der Waals surface area contributed by atoms with Crippen molar-refractivity contribution in [3.63, 3.8) is 0 Å². The van der Waals surface area contributed by atoms with Crippen LogP contribution in [0.1, 0.15) is 15.9 Å². The van der Waals surface area contributed by atoms with Gasteiger partial charge >= 0.3 is 5.97 Å². The zero-order valence-electron chi connectivity index (χ0n) is 16.0. The summed E-state index contributed by atoms with van der Waals surface area (Å²) < 4.78 is 7.39. The van der Waals surface area contributed by atoms with Gasteiger partial charge in [-0.1, -0.05) is 34.1 Å². The molecule has 0 unspecified atom stereocenters. The molecule has 0 saturated carbocycles. The molecule has 1 heterocycles. The summed E-state index contributed by atoms with van der Waals surface area (Å²) in [6.07, 6.45) is 1.58. The average Bonchev–Trinajstić information content (AvgIpc) is 3.06. The molecule has 0 atom stereocenters. The number of methoxy groups -OCH3 is 1. The van der Waals surface area contributed by atoms with E-state index in [-0.39, 0.29) is 24.9 Å². The Labute approximate surface area is 176 Å². The van der Waals surface area contributed by atoms with Gasteiger partial charge in [0.25, 0.3) is 0 Å². The highest BCUT2D eigenvalue weighted by atomic mass is 79.9. The van der Waals surface area contributed by atoms with E-state index >= 15 is 0 Å². The molecule has 0 aliphatic rings. The van der Waals surface area contributed by atoms with Crippen LogP contribution in [0, 0.1) is 6.92 Å². The first-order valence-corrected chi connectivity index (χ1v) is 9.67. The predicted molar refractivity (Wildman–Crippen MR) is 114 cm³/mol. The molecule has 8 heteroatoms. The molecule has 2 amide bonds. The minimum Gasteiger partial charge on any atom is -0.465 e. The number of carbonyl (C=O) groups excluding carboxylic acids is 3. The maximum absolute atomic E-state index is 12.3. The Morgan fingerprint density at radius 2 is 1.86 bits per heavy atom. The fourth-order valence-corrected chi connectivity index (χ4v) is 3.48. The second-order valence-corrected chi connectivity index (χ2v) is 7.38. The van der Waals surface area contributed by atoms with Crippen molar-refractivity contribution in [3.05, 3.63) is 64.3 Å². The molecule has 2 aromatic carbocycles. The Morgan fingerprint density at radius 1 is 1.10 bits per heavy atom. The van der Waals surface area contributed by atoms with Crippen molar-refractivity contribution in [3.8, 4) is 0 Å². The molecule has 0 aliphatic heterocycles. The van der Waals surface area contributed by atoms with Crippen LogP contribution in [0.4, 0.5) is 5.69 Å². The van der Waals surface area contributed by atoms with Gasteiger partial charge in [-0.25, -0.2) is 4.79 Å². The van der Waals surface area contributed by atoms with E-state index in [4.69, 9.17) is 4.74 Å². The lowest BCUT2D eigenvalue weighted by atomic mass is 10.2. The van der Waals surface area contributed by atoms with Crippen LogP contribution in [0.5, 0.6) is 0 Å². The SMILES string of the molecule is COC(=O)c1cn(CC(=O)NCC(=O)Nc2ccc(Br)cc2C)c2ccccc12. The zero-order valence-corrected chi connectivity index (χ0v) is 17.6. The first-order chi connectivity index (χ1) is 13.9. The lowest BCUT2D eigenvalue weighted by Gasteiger charge is -2.10. The number of amides is 2. The number of nitrogens with one attached hydrogen (secondary N) is 2. The minimum atomic E-state index is -0.468. The summed E-state index contributed by atoms with van der Waals surface area (Å²) in [6.45, 7) is 1.70. The Hall–Kier alpha value is -3.13. The van der Waals surface area contributed by atoms with Gasteiger partial charge in [0.05, 0.1) is 19.2 Å². The number of esters is 1. The Kier molecular flexibility index (Phi) is 6.33. The van der Waals surface area contributed by atoms with Gasteiger partial charge in [0.1, 0.15) is 6.54 Å². The predicted octanol–water partition coefficient (Wildman–Crippen LogP) is 3.25. The first kappa shape index (κ1) is 20.6. The zero-order chi connectivity index (χ0) is 21.0. The van der Waals surface area contributed by atoms with Crippen molar-refractivity contribution in [1.29, 1.82) is 0 Å². The number of hydrogen-bond acceptors (Lipinski definition) is 4. The van der Waals surface area contributed by atoms with Crippen molar-refractivity contribution < 1.29 is 19.1 Å². The molecule has 0 bridgehead atoms. The summed E-state index contributed by atoms with van der Waals surface area (Å²) in [6, 6.07) is 12.8. The van der Waals surface area contributed by atoms with Crippen molar-refractivity contribution in [2.45, 2.75) is 13.5 Å². The standard InChI is InChI=1S/C21H20BrN3O4/c1-13-9-14(22)7-8-17(13)24-19(26)10-23-20(27)12-25-11-16(21(28)29-2)15-5-3-4-6-18(15)25/h3-9,11H,10,12H2,1-2H3,(H,23,27)(H,24,26). The Morgan fingerprint density at radius 3 is 2.59 bits per heavy atom. The van der Waals surface area contributed by atoms with Crippen LogP contribution in [0.15, 0.2) is 53.1 Å². The van der Waals surface area contributed by atoms with Gasteiger partial charge in [0.15, 0.2) is 0 Å². The number of aromatic nitrogens is 1. The van der Waals surface area contributed by atoms with E-state index in [1.165, 1.54) is 7.11 Å². The number of rotatable bonds is 6. The summed E-state index contributed by atoms with van der Waals surface area (Å²) in [5.74, 6) is -1.13. The third-order valence-corrected chi connectivity index (χ3v) is 4.91. The number of para-hydroxylation sites is 1. The van der Waals surface area contributed by atoms with Crippen LogP contribution in [0.2, 0.25) is 0 Å². The number of aryl methyl sites for hydroxylation is 1. The summed E-state index contributed by atoms with van der Waals surface area (Å²) in [4.78, 5) is 36.5. The van der Waals surface area contributed by atoms with Crippen molar-refractivity contribution in [2.75, 3.05) is 19.0 Å². The second-order valence-electron chi connectivity index (χ2n) is 6.46. The highest BCUT2D eigenvalue weighted by molar-refractivity contribution is 9.10. The van der Waals surface area contributed by atoms with Crippen LogP contribution in [-0.4, -0.2) is 36.0 Å². The second kappa shape index (κ2) is 8.91. The molecule has 150 valence electrons. The molecule has 2 N–H and O–H groups in total. The van der Waals surface area contributed by atoms with Crippen LogP contribution < -0.4 is 10.6 Å². The van der Waals surface area contributed by atoms with E-state index in [0.29, 0.717) is 16.6 Å². The Bertz CT molecular complexity index is 1090. The number of nitrogens with zero attached hydrogens (tertiary/aromatic N) is 1. The Balaban J connectivity index is 1.64. The number of fused-ring (bicyclic) bond motifs is 1. The normalized spacial score (nSPS) is 10.6. The van der Waals surface area contributed by atoms with E-state index in [1.54, 1.807) is 22.9 Å². The van der Waals surface area contributed by atoms with Crippen LogP contribution >= 0.6 is 15.9 Å². The van der Waals surface area contributed by atoms with Gasteiger partial charge in [0, 0.05) is 27.3 Å². The maximum Gasteiger partial charge on any atom is 0.340 e. The minimum absolute atomic E-state index is 0.0257. The van der Waals surface area contributed by atoms with Gasteiger partial charge in [-0.3, -0.25) is 9.59 Å². The quantitative estimate of drug-likeness (QED) is 0.555. The van der Waals surface area contributed by atoms with Gasteiger partial charge in [-0.15, -0.1) is 0 Å². The van der Waals surface area contributed by atoms with E-state index < -0.39 is 5.97 Å². The van der Waals surface area contributed by atoms with Crippen LogP contribution in [0.3, 0.4) is 0 Å². The summed E-state index contributed by atoms with van der Waals surface area (Å²) in [5.41, 5.74) is 2.72. The lowest BCUT2D eigenvalue weighted by Crippen LogP contribution is -2.35. The van der Waals surface area contributed by atoms with Gasteiger partial charge in [0.2, 0.25) is 11.8 Å². The summed E-state index contributed by atoms with van der Waals surface area (Å²) >= 11 is 3.38. The van der Waals surface area contributed by atoms with Crippen molar-refractivity contribution in [2.24, 2.45) is 0 Å². The molecule has 0 fully saturated rings. The molecular formula is C21H20BrN3O4. The van der Waals surface area contributed by atoms with Crippen LogP contribution in [0.25, 0.3) is 10.9 Å². The molecule has 7 nitrogen and oxygen atoms in total. The van der Waals surface area contributed by atoms with E-state index in [9.17, 15) is 14.4 Å². The molecule has 0 radical (unpaired) electrons. The van der Waals surface area contributed by atoms with E-state index in [2.05, 4.69) is 26.6 Å². The highest BCUT2D eigenvalue weighted by Gasteiger charge is 2.17. The number of ether oxygens (including phenoxy) is 1. The fourth-order valence-electron chi connectivity index (χ4n) is 3.00. The van der Waals surface area contributed by atoms with E-state index in [0.717, 1.165) is 15.6 Å². The fraction of sp³-hybridized carbons (Fsp3) is 0.190. The summed E-state index contributed by atoms with van der Waals surface area (Å²) in [7, 11) is 1.31. The highest BCUT2D eigenvalue weighted by Crippen LogP contribution is 2.22. The molecule has 29 heavy (non-hydrogen) atoms. The topological polar surface area (TPSA) is 89.4 Å². The van der Waals surface area contributed by atoms with Gasteiger partial charge < -0.3 is 19.9 Å². The number of anilines is 1. The molecule has 3 rings (SSSR count).